The Kier molecular flexibility index (Phi) is 8.48. The highest BCUT2D eigenvalue weighted by Crippen LogP contribution is 2.41. The van der Waals surface area contributed by atoms with Gasteiger partial charge in [-0.05, 0) is 11.1 Å². The third-order valence-electron chi connectivity index (χ3n) is 5.88. The molecule has 37 heavy (non-hydrogen) atoms. The molecule has 0 spiro atoms. The van der Waals surface area contributed by atoms with Gasteiger partial charge in [-0.1, -0.05) is 72.4 Å². The predicted octanol–water partition coefficient (Wildman–Crippen LogP) is 3.43. The molecule has 0 saturated carbocycles. The van der Waals surface area contributed by atoms with Crippen molar-refractivity contribution in [1.29, 1.82) is 0 Å². The van der Waals surface area contributed by atoms with E-state index < -0.39 is 47.4 Å². The van der Waals surface area contributed by atoms with Crippen LogP contribution in [-0.2, 0) is 28.6 Å². The van der Waals surface area contributed by atoms with Gasteiger partial charge < -0.3 is 19.5 Å². The van der Waals surface area contributed by atoms with Crippen LogP contribution >= 0.6 is 23.4 Å². The number of carbonyl (C=O) groups excluding carboxylic acids is 3. The van der Waals surface area contributed by atoms with Gasteiger partial charge in [-0.2, -0.15) is 8.78 Å². The minimum atomic E-state index is -2.76. The van der Waals surface area contributed by atoms with E-state index in [1.54, 1.807) is 0 Å². The summed E-state index contributed by atoms with van der Waals surface area (Å²) >= 11 is 6.18. The second kappa shape index (κ2) is 11.6. The Balaban J connectivity index is 1.61. The number of hydrogen-bond donors (Lipinski definition) is 1. The van der Waals surface area contributed by atoms with Crippen molar-refractivity contribution in [3.05, 3.63) is 83.1 Å². The minimum Gasteiger partial charge on any atom is -0.448 e. The van der Waals surface area contributed by atoms with Gasteiger partial charge in [0.15, 0.2) is 12.3 Å². The number of methoxy groups -OCH3 is 1. The summed E-state index contributed by atoms with van der Waals surface area (Å²) in [5, 5.41) is 2.33. The van der Waals surface area contributed by atoms with E-state index in [2.05, 4.69) is 5.32 Å². The number of amides is 2. The first-order valence-electron chi connectivity index (χ1n) is 11.1. The molecule has 2 heterocycles. The van der Waals surface area contributed by atoms with Crippen LogP contribution < -0.4 is 5.32 Å². The van der Waals surface area contributed by atoms with Gasteiger partial charge >= 0.3 is 5.97 Å². The molecular weight excluding hydrogens is 530 g/mol. The van der Waals surface area contributed by atoms with Gasteiger partial charge in [-0.25, -0.2) is 4.79 Å². The van der Waals surface area contributed by atoms with Crippen molar-refractivity contribution in [1.82, 2.24) is 10.2 Å². The van der Waals surface area contributed by atoms with Crippen molar-refractivity contribution in [2.24, 2.45) is 0 Å². The maximum atomic E-state index is 13.6. The smallest absolute Gasteiger partial charge is 0.356 e. The first kappa shape index (κ1) is 27.1. The van der Waals surface area contributed by atoms with Crippen molar-refractivity contribution >= 4 is 41.1 Å². The molecule has 2 atom stereocenters. The van der Waals surface area contributed by atoms with Crippen LogP contribution in [-0.4, -0.2) is 65.7 Å². The standard InChI is InChI=1S/C25H23ClF2N2O6S/c1-34-25(29-18(31)14-37-24(27)28)22(33)30-19(17(12-26)13-35-23(25)30)21(32)36-20(15-8-4-2-5-9-15)16-10-6-3-7-11-16/h2-11,20,23-24H,12-14H2,1H3,(H,29,31). The van der Waals surface area contributed by atoms with Crippen molar-refractivity contribution in [2.75, 3.05) is 25.3 Å². The van der Waals surface area contributed by atoms with E-state index in [4.69, 9.17) is 25.8 Å². The minimum absolute atomic E-state index is 0.100. The molecule has 0 aliphatic carbocycles. The summed E-state index contributed by atoms with van der Waals surface area (Å²) in [6.45, 7) is -0.142. The van der Waals surface area contributed by atoms with Crippen LogP contribution in [0.25, 0.3) is 0 Å². The molecule has 4 rings (SSSR count). The Labute approximate surface area is 220 Å². The molecule has 0 aromatic heterocycles. The number of nitrogens with one attached hydrogen (secondary N) is 1. The molecule has 2 aliphatic rings. The van der Waals surface area contributed by atoms with Gasteiger partial charge in [0.1, 0.15) is 5.70 Å². The second-order valence-corrected chi connectivity index (χ2v) is 9.34. The van der Waals surface area contributed by atoms with Gasteiger partial charge in [0.2, 0.25) is 5.91 Å². The number of halogens is 3. The highest BCUT2D eigenvalue weighted by molar-refractivity contribution is 8.00. The molecule has 2 amide bonds. The summed E-state index contributed by atoms with van der Waals surface area (Å²) in [7, 11) is 1.17. The molecule has 0 bridgehead atoms. The highest BCUT2D eigenvalue weighted by atomic mass is 35.5. The van der Waals surface area contributed by atoms with Crippen LogP contribution in [0.15, 0.2) is 71.9 Å². The van der Waals surface area contributed by atoms with Crippen LogP contribution in [0.4, 0.5) is 8.78 Å². The molecule has 12 heteroatoms. The molecule has 196 valence electrons. The number of rotatable bonds is 10. The van der Waals surface area contributed by atoms with Gasteiger partial charge in [-0.15, -0.1) is 11.6 Å². The fourth-order valence-corrected chi connectivity index (χ4v) is 4.72. The maximum absolute atomic E-state index is 13.6. The predicted molar refractivity (Wildman–Crippen MR) is 131 cm³/mol. The molecule has 2 aliphatic heterocycles. The number of carbonyl (C=O) groups is 3. The van der Waals surface area contributed by atoms with Gasteiger partial charge in [0.05, 0.1) is 12.4 Å². The summed E-state index contributed by atoms with van der Waals surface area (Å²) < 4.78 is 41.9. The molecule has 1 N–H and O–H groups in total. The number of ether oxygens (including phenoxy) is 3. The van der Waals surface area contributed by atoms with E-state index in [0.717, 1.165) is 4.90 Å². The Morgan fingerprint density at radius 3 is 2.27 bits per heavy atom. The number of thioether (sulfide) groups is 1. The average Bonchev–Trinajstić information content (AvgIpc) is 2.93. The summed E-state index contributed by atoms with van der Waals surface area (Å²) in [6, 6.07) is 18.2. The number of alkyl halides is 3. The van der Waals surface area contributed by atoms with Crippen LogP contribution in [0.1, 0.15) is 17.2 Å². The topological polar surface area (TPSA) is 94.2 Å². The molecule has 8 nitrogen and oxygen atoms in total. The van der Waals surface area contributed by atoms with E-state index in [9.17, 15) is 23.2 Å². The van der Waals surface area contributed by atoms with E-state index in [1.165, 1.54) is 7.11 Å². The number of benzene rings is 2. The highest BCUT2D eigenvalue weighted by Gasteiger charge is 2.67. The molecule has 2 aromatic rings. The first-order valence-corrected chi connectivity index (χ1v) is 12.7. The monoisotopic (exact) mass is 552 g/mol. The quantitative estimate of drug-likeness (QED) is 0.209. The summed E-state index contributed by atoms with van der Waals surface area (Å²) in [6.07, 6.45) is -2.01. The number of esters is 1. The number of hydrogen-bond acceptors (Lipinski definition) is 7. The van der Waals surface area contributed by atoms with Crippen LogP contribution in [0.3, 0.4) is 0 Å². The number of fused-ring (bicyclic) bond motifs is 1. The van der Waals surface area contributed by atoms with Crippen LogP contribution in [0, 0.1) is 0 Å². The lowest BCUT2D eigenvalue weighted by molar-refractivity contribution is -0.258. The molecule has 2 unspecified atom stereocenters. The fraction of sp³-hybridized carbons (Fsp3) is 0.320. The molecular formula is C25H23ClF2N2O6S. The summed E-state index contributed by atoms with van der Waals surface area (Å²) in [5.74, 6) is -5.98. The maximum Gasteiger partial charge on any atom is 0.356 e. The average molecular weight is 553 g/mol. The van der Waals surface area contributed by atoms with E-state index in [0.29, 0.717) is 16.7 Å². The van der Waals surface area contributed by atoms with Gasteiger partial charge in [-0.3, -0.25) is 14.5 Å². The van der Waals surface area contributed by atoms with E-state index in [1.807, 2.05) is 60.7 Å². The molecule has 1 fully saturated rings. The summed E-state index contributed by atoms with van der Waals surface area (Å²) in [5.41, 5.74) is -0.369. The van der Waals surface area contributed by atoms with Crippen molar-refractivity contribution in [3.63, 3.8) is 0 Å². The SMILES string of the molecule is COC1(NC(=O)CSC(F)F)C(=O)N2C(C(=O)OC(c3ccccc3)c3ccccc3)=C(CCl)COC21. The zero-order valence-corrected chi connectivity index (χ0v) is 21.1. The van der Waals surface area contributed by atoms with Crippen molar-refractivity contribution in [3.8, 4) is 0 Å². The van der Waals surface area contributed by atoms with Gasteiger partial charge in [0.25, 0.3) is 17.4 Å². The Morgan fingerprint density at radius 1 is 1.16 bits per heavy atom. The normalized spacial score (nSPS) is 21.1. The molecule has 0 radical (unpaired) electrons. The Bertz CT molecular complexity index is 1150. The molecule has 1 saturated heterocycles. The lowest BCUT2D eigenvalue weighted by atomic mass is 9.94. The Hall–Kier alpha value is -2.99. The Morgan fingerprint density at radius 2 is 1.76 bits per heavy atom. The van der Waals surface area contributed by atoms with Crippen molar-refractivity contribution in [2.45, 2.75) is 23.8 Å². The first-order chi connectivity index (χ1) is 17.8. The van der Waals surface area contributed by atoms with E-state index in [-0.39, 0.29) is 29.9 Å². The van der Waals surface area contributed by atoms with Crippen LogP contribution in [0.5, 0.6) is 0 Å². The number of β-lactam (4-membered cyclic amide) rings is 1. The lowest BCUT2D eigenvalue weighted by Gasteiger charge is -2.55. The molecule has 2 aromatic carbocycles. The third-order valence-corrected chi connectivity index (χ3v) is 6.89. The largest absolute Gasteiger partial charge is 0.448 e. The van der Waals surface area contributed by atoms with Gasteiger partial charge in [0, 0.05) is 18.6 Å². The zero-order valence-electron chi connectivity index (χ0n) is 19.6. The number of nitrogens with zero attached hydrogens (tertiary/aromatic N) is 1. The van der Waals surface area contributed by atoms with Crippen LogP contribution in [0.2, 0.25) is 0 Å². The summed E-state index contributed by atoms with van der Waals surface area (Å²) in [4.78, 5) is 40.1. The van der Waals surface area contributed by atoms with Crippen molar-refractivity contribution < 1.29 is 37.4 Å². The van der Waals surface area contributed by atoms with E-state index >= 15 is 0 Å². The third kappa shape index (κ3) is 5.35. The fourth-order valence-electron chi connectivity index (χ4n) is 4.16. The second-order valence-electron chi connectivity index (χ2n) is 8.09. The zero-order chi connectivity index (χ0) is 26.6. The lowest BCUT2D eigenvalue weighted by Crippen LogP contribution is -2.82.